The summed E-state index contributed by atoms with van der Waals surface area (Å²) < 4.78 is 12.8. The summed E-state index contributed by atoms with van der Waals surface area (Å²) >= 11 is 2.79. The minimum absolute atomic E-state index is 0.197. The molecule has 1 atom stereocenters. The largest absolute Gasteiger partial charge is 0.496 e. The number of hydrogen-bond donors (Lipinski definition) is 0. The molecule has 8 heteroatoms. The molecule has 1 aliphatic heterocycles. The van der Waals surface area contributed by atoms with E-state index in [4.69, 9.17) is 9.47 Å². The molecule has 0 saturated heterocycles. The van der Waals surface area contributed by atoms with Gasteiger partial charge in [0, 0.05) is 10.4 Å². The number of methoxy groups -OCH3 is 1. The van der Waals surface area contributed by atoms with Crippen LogP contribution in [0.5, 0.6) is 5.75 Å². The van der Waals surface area contributed by atoms with Crippen LogP contribution in [0.25, 0.3) is 6.08 Å². The van der Waals surface area contributed by atoms with Crippen LogP contribution in [0.15, 0.2) is 62.8 Å². The lowest BCUT2D eigenvalue weighted by molar-refractivity contribution is -0.139. The normalized spacial score (nSPS) is 16.2. The van der Waals surface area contributed by atoms with Gasteiger partial charge in [0.05, 0.1) is 29.5 Å². The van der Waals surface area contributed by atoms with Gasteiger partial charge in [0.2, 0.25) is 0 Å². The van der Waals surface area contributed by atoms with Gasteiger partial charge in [-0.3, -0.25) is 9.36 Å². The number of carbonyl (C=O) groups excluding carboxylic acids is 1. The molecular weight excluding hydrogens is 420 g/mol. The third-order valence-electron chi connectivity index (χ3n) is 4.76. The van der Waals surface area contributed by atoms with Crippen molar-refractivity contribution < 1.29 is 14.3 Å². The highest BCUT2D eigenvalue weighted by Crippen LogP contribution is 2.33. The Hall–Kier alpha value is -2.97. The van der Waals surface area contributed by atoms with Gasteiger partial charge in [0.15, 0.2) is 4.80 Å². The van der Waals surface area contributed by atoms with Crippen molar-refractivity contribution >= 4 is 34.7 Å². The Labute approximate surface area is 181 Å². The number of carbonyl (C=O) groups is 1. The van der Waals surface area contributed by atoms with Crippen molar-refractivity contribution in [2.45, 2.75) is 19.9 Å². The number of allylic oxidation sites excluding steroid dienone is 1. The molecule has 4 rings (SSSR count). The van der Waals surface area contributed by atoms with Gasteiger partial charge in [-0.15, -0.1) is 11.3 Å². The molecule has 30 heavy (non-hydrogen) atoms. The average Bonchev–Trinajstić information content (AvgIpc) is 3.36. The second kappa shape index (κ2) is 8.41. The van der Waals surface area contributed by atoms with Gasteiger partial charge in [0.1, 0.15) is 11.8 Å². The first-order valence-electron chi connectivity index (χ1n) is 9.41. The molecule has 3 heterocycles. The molecule has 0 spiro atoms. The first-order chi connectivity index (χ1) is 14.5. The van der Waals surface area contributed by atoms with Gasteiger partial charge in [0.25, 0.3) is 5.56 Å². The Bertz CT molecular complexity index is 1300. The first-order valence-corrected chi connectivity index (χ1v) is 11.1. The highest BCUT2D eigenvalue weighted by molar-refractivity contribution is 7.10. The smallest absolute Gasteiger partial charge is 0.338 e. The zero-order valence-electron chi connectivity index (χ0n) is 16.7. The summed E-state index contributed by atoms with van der Waals surface area (Å²) in [5.74, 6) is 0.234. The number of benzene rings is 1. The summed E-state index contributed by atoms with van der Waals surface area (Å²) in [5.41, 5.74) is 1.57. The number of thiophene rings is 1. The number of hydrogen-bond acceptors (Lipinski definition) is 7. The summed E-state index contributed by atoms with van der Waals surface area (Å²) in [4.78, 5) is 32.2. The number of ether oxygens (including phenoxy) is 2. The van der Waals surface area contributed by atoms with Crippen LogP contribution >= 0.6 is 22.7 Å². The Morgan fingerprint density at radius 2 is 2.07 bits per heavy atom. The van der Waals surface area contributed by atoms with Crippen LogP contribution in [0.4, 0.5) is 0 Å². The van der Waals surface area contributed by atoms with E-state index in [2.05, 4.69) is 4.99 Å². The number of fused-ring (bicyclic) bond motifs is 1. The fourth-order valence-corrected chi connectivity index (χ4v) is 5.30. The molecule has 1 unspecified atom stereocenters. The summed E-state index contributed by atoms with van der Waals surface area (Å²) in [7, 11) is 1.60. The predicted molar refractivity (Wildman–Crippen MR) is 118 cm³/mol. The summed E-state index contributed by atoms with van der Waals surface area (Å²) in [6.45, 7) is 3.80. The number of rotatable bonds is 5. The molecule has 3 aromatic rings. The zero-order valence-corrected chi connectivity index (χ0v) is 18.4. The van der Waals surface area contributed by atoms with Gasteiger partial charge in [-0.25, -0.2) is 9.79 Å². The summed E-state index contributed by atoms with van der Waals surface area (Å²) in [6, 6.07) is 10.8. The quantitative estimate of drug-likeness (QED) is 0.572. The molecule has 6 nitrogen and oxygen atoms in total. The molecule has 0 amide bonds. The maximum Gasteiger partial charge on any atom is 0.338 e. The molecule has 2 aromatic heterocycles. The van der Waals surface area contributed by atoms with Crippen LogP contribution in [0.2, 0.25) is 0 Å². The van der Waals surface area contributed by atoms with Gasteiger partial charge in [-0.05, 0) is 37.4 Å². The van der Waals surface area contributed by atoms with Crippen molar-refractivity contribution in [3.8, 4) is 5.75 Å². The minimum atomic E-state index is -0.555. The number of nitrogens with zero attached hydrogens (tertiary/aromatic N) is 2. The van der Waals surface area contributed by atoms with E-state index in [1.54, 1.807) is 31.6 Å². The molecule has 0 radical (unpaired) electrons. The van der Waals surface area contributed by atoms with Crippen molar-refractivity contribution in [3.05, 3.63) is 83.2 Å². The van der Waals surface area contributed by atoms with Crippen molar-refractivity contribution in [1.82, 2.24) is 4.57 Å². The van der Waals surface area contributed by atoms with E-state index in [0.29, 0.717) is 26.4 Å². The summed E-state index contributed by atoms with van der Waals surface area (Å²) in [5, 5.41) is 1.93. The second-order valence-electron chi connectivity index (χ2n) is 6.56. The van der Waals surface area contributed by atoms with Crippen molar-refractivity contribution in [2.24, 2.45) is 4.99 Å². The van der Waals surface area contributed by atoms with Crippen LogP contribution < -0.4 is 19.6 Å². The van der Waals surface area contributed by atoms with Gasteiger partial charge in [-0.1, -0.05) is 35.6 Å². The first kappa shape index (κ1) is 20.3. The van der Waals surface area contributed by atoms with Crippen LogP contribution in [-0.4, -0.2) is 24.3 Å². The lowest BCUT2D eigenvalue weighted by Crippen LogP contribution is -2.39. The molecule has 0 saturated carbocycles. The molecule has 154 valence electrons. The molecular formula is C22H20N2O4S2. The molecule has 0 N–H and O–H groups in total. The zero-order chi connectivity index (χ0) is 21.3. The van der Waals surface area contributed by atoms with Gasteiger partial charge < -0.3 is 9.47 Å². The van der Waals surface area contributed by atoms with E-state index in [1.165, 1.54) is 22.7 Å². The standard InChI is InChI=1S/C22H20N2O4S2/c1-4-28-21(26)18-13(2)23-22-24(19(18)16-10-7-11-29-16)20(25)17(30-22)12-14-8-5-6-9-15(14)27-3/h5-12,19H,4H2,1-3H3/b17-12+. The highest BCUT2D eigenvalue weighted by Gasteiger charge is 2.33. The molecule has 1 aliphatic rings. The predicted octanol–water partition coefficient (Wildman–Crippen LogP) is 2.87. The van der Waals surface area contributed by atoms with Crippen molar-refractivity contribution in [1.29, 1.82) is 0 Å². The Kier molecular flexibility index (Phi) is 5.69. The SMILES string of the molecule is CCOC(=O)C1=C(C)N=c2s/c(=C/c3ccccc3OC)c(=O)n2C1c1cccs1. The van der Waals surface area contributed by atoms with Crippen molar-refractivity contribution in [2.75, 3.05) is 13.7 Å². The third-order valence-corrected chi connectivity index (χ3v) is 6.66. The van der Waals surface area contributed by atoms with E-state index in [-0.39, 0.29) is 12.2 Å². The summed E-state index contributed by atoms with van der Waals surface area (Å²) in [6.07, 6.45) is 1.80. The van der Waals surface area contributed by atoms with Gasteiger partial charge >= 0.3 is 5.97 Å². The molecule has 0 fully saturated rings. The van der Waals surface area contributed by atoms with Crippen molar-refractivity contribution in [3.63, 3.8) is 0 Å². The maximum atomic E-state index is 13.4. The Morgan fingerprint density at radius 1 is 1.27 bits per heavy atom. The second-order valence-corrected chi connectivity index (χ2v) is 8.55. The average molecular weight is 441 g/mol. The highest BCUT2D eigenvalue weighted by atomic mass is 32.1. The lowest BCUT2D eigenvalue weighted by Gasteiger charge is -2.23. The minimum Gasteiger partial charge on any atom is -0.496 e. The Balaban J connectivity index is 1.95. The monoisotopic (exact) mass is 440 g/mol. The fourth-order valence-electron chi connectivity index (χ4n) is 3.43. The lowest BCUT2D eigenvalue weighted by atomic mass is 10.0. The number of para-hydroxylation sites is 1. The van der Waals surface area contributed by atoms with Crippen LogP contribution in [0, 0.1) is 0 Å². The molecule has 0 aliphatic carbocycles. The van der Waals surface area contributed by atoms with E-state index in [9.17, 15) is 9.59 Å². The third kappa shape index (κ3) is 3.53. The van der Waals surface area contributed by atoms with E-state index in [1.807, 2.05) is 41.8 Å². The maximum absolute atomic E-state index is 13.4. The molecule has 1 aromatic carbocycles. The number of aromatic nitrogens is 1. The van der Waals surface area contributed by atoms with E-state index in [0.717, 1.165) is 10.4 Å². The number of esters is 1. The topological polar surface area (TPSA) is 69.9 Å². The van der Waals surface area contributed by atoms with Crippen LogP contribution in [-0.2, 0) is 9.53 Å². The van der Waals surface area contributed by atoms with Crippen LogP contribution in [0.1, 0.15) is 30.3 Å². The van der Waals surface area contributed by atoms with Crippen LogP contribution in [0.3, 0.4) is 0 Å². The number of thiazole rings is 1. The fraction of sp³-hybridized carbons (Fsp3) is 0.227. The Morgan fingerprint density at radius 3 is 2.77 bits per heavy atom. The van der Waals surface area contributed by atoms with Gasteiger partial charge in [-0.2, -0.15) is 0 Å². The van der Waals surface area contributed by atoms with E-state index >= 15 is 0 Å². The van der Waals surface area contributed by atoms with E-state index < -0.39 is 12.0 Å². The molecule has 0 bridgehead atoms.